The molecule has 2 heterocycles. The first-order valence-corrected chi connectivity index (χ1v) is 6.37. The highest BCUT2D eigenvalue weighted by Gasteiger charge is 2.40. The fourth-order valence-corrected chi connectivity index (χ4v) is 2.66. The molecule has 1 aromatic rings. The molecule has 2 rings (SSSR count). The molecule has 1 saturated heterocycles. The number of aromatic nitrogens is 1. The highest BCUT2D eigenvalue weighted by Crippen LogP contribution is 2.28. The van der Waals surface area contributed by atoms with Crippen molar-refractivity contribution in [3.8, 4) is 0 Å². The number of aromatic amines is 1. The second-order valence-corrected chi connectivity index (χ2v) is 6.22. The van der Waals surface area contributed by atoms with Crippen molar-refractivity contribution in [2.45, 2.75) is 38.9 Å². The number of carbonyl (C=O) groups excluding carboxylic acids is 1. The van der Waals surface area contributed by atoms with Gasteiger partial charge in [0.05, 0.1) is 16.8 Å². The van der Waals surface area contributed by atoms with E-state index in [4.69, 9.17) is 4.74 Å². The Hall–Kier alpha value is -1.62. The van der Waals surface area contributed by atoms with Crippen LogP contribution in [0.25, 0.3) is 0 Å². The van der Waals surface area contributed by atoms with E-state index < -0.39 is 0 Å². The number of pyridine rings is 1. The number of hydrogen-bond donors (Lipinski definition) is 1. The lowest BCUT2D eigenvalue weighted by molar-refractivity contribution is -0.171. The third-order valence-corrected chi connectivity index (χ3v) is 3.01. The average molecular weight is 264 g/mol. The Kier molecular flexibility index (Phi) is 3.26. The predicted molar refractivity (Wildman–Crippen MR) is 72.2 cm³/mol. The fraction of sp³-hybridized carbons (Fsp3) is 0.571. The highest BCUT2D eigenvalue weighted by molar-refractivity contribution is 5.94. The van der Waals surface area contributed by atoms with Crippen molar-refractivity contribution < 1.29 is 9.53 Å². The van der Waals surface area contributed by atoms with Gasteiger partial charge in [0.1, 0.15) is 0 Å². The topological polar surface area (TPSA) is 62.4 Å². The van der Waals surface area contributed by atoms with E-state index in [9.17, 15) is 9.59 Å². The Morgan fingerprint density at radius 3 is 2.26 bits per heavy atom. The summed E-state index contributed by atoms with van der Waals surface area (Å²) in [5.74, 6) is -0.0827. The molecule has 19 heavy (non-hydrogen) atoms. The van der Waals surface area contributed by atoms with E-state index in [0.717, 1.165) is 0 Å². The van der Waals surface area contributed by atoms with Gasteiger partial charge < -0.3 is 14.6 Å². The van der Waals surface area contributed by atoms with Gasteiger partial charge >= 0.3 is 0 Å². The van der Waals surface area contributed by atoms with Gasteiger partial charge in [0.25, 0.3) is 5.91 Å². The molecule has 0 aromatic carbocycles. The smallest absolute Gasteiger partial charge is 0.255 e. The molecule has 1 N–H and O–H groups in total. The molecule has 0 saturated carbocycles. The lowest BCUT2D eigenvalue weighted by atomic mass is 9.98. The Morgan fingerprint density at radius 1 is 1.21 bits per heavy atom. The number of ether oxygens (including phenoxy) is 1. The van der Waals surface area contributed by atoms with Crippen molar-refractivity contribution in [3.63, 3.8) is 0 Å². The fourth-order valence-electron chi connectivity index (χ4n) is 2.66. The summed E-state index contributed by atoms with van der Waals surface area (Å²) in [4.78, 5) is 27.8. The maximum Gasteiger partial charge on any atom is 0.255 e. The van der Waals surface area contributed by atoms with Gasteiger partial charge in [-0.15, -0.1) is 0 Å². The molecular formula is C14H20N2O3. The van der Waals surface area contributed by atoms with Crippen LogP contribution in [0.4, 0.5) is 0 Å². The average Bonchev–Trinajstić information content (AvgIpc) is 2.25. The van der Waals surface area contributed by atoms with Crippen LogP contribution < -0.4 is 5.56 Å². The maximum atomic E-state index is 12.4. The van der Waals surface area contributed by atoms with Crippen molar-refractivity contribution in [2.24, 2.45) is 0 Å². The molecule has 104 valence electrons. The molecule has 5 heteroatoms. The second kappa shape index (κ2) is 4.49. The first-order valence-electron chi connectivity index (χ1n) is 6.37. The zero-order chi connectivity index (χ0) is 14.3. The van der Waals surface area contributed by atoms with Gasteiger partial charge in [0.2, 0.25) is 5.56 Å². The minimum absolute atomic E-state index is 0.0827. The van der Waals surface area contributed by atoms with Crippen molar-refractivity contribution in [2.75, 3.05) is 13.1 Å². The number of nitrogens with zero attached hydrogens (tertiary/aromatic N) is 1. The summed E-state index contributed by atoms with van der Waals surface area (Å²) in [6.07, 6.45) is 1.46. The SMILES string of the molecule is CC1(C)CN(C(=O)c2ccc(=O)[nH]c2)CC(C)(C)O1. The molecule has 0 bridgehead atoms. The van der Waals surface area contributed by atoms with Crippen molar-refractivity contribution in [1.29, 1.82) is 0 Å². The molecule has 0 aliphatic carbocycles. The van der Waals surface area contributed by atoms with Crippen molar-refractivity contribution >= 4 is 5.91 Å². The van der Waals surface area contributed by atoms with E-state index in [1.807, 2.05) is 27.7 Å². The Morgan fingerprint density at radius 2 is 1.79 bits per heavy atom. The number of nitrogens with one attached hydrogen (secondary N) is 1. The van der Waals surface area contributed by atoms with Crippen molar-refractivity contribution in [3.05, 3.63) is 34.2 Å². The third-order valence-electron chi connectivity index (χ3n) is 3.01. The van der Waals surface area contributed by atoms with Crippen LogP contribution in [0.15, 0.2) is 23.1 Å². The zero-order valence-electron chi connectivity index (χ0n) is 11.8. The molecule has 0 radical (unpaired) electrons. The first kappa shape index (κ1) is 13.8. The molecule has 0 unspecified atom stereocenters. The summed E-state index contributed by atoms with van der Waals surface area (Å²) in [5, 5.41) is 0. The van der Waals surface area contributed by atoms with E-state index in [0.29, 0.717) is 18.7 Å². The maximum absolute atomic E-state index is 12.4. The number of rotatable bonds is 1. The first-order chi connectivity index (χ1) is 8.69. The summed E-state index contributed by atoms with van der Waals surface area (Å²) in [5.41, 5.74) is -0.466. The normalized spacial score (nSPS) is 21.2. The van der Waals surface area contributed by atoms with E-state index in [2.05, 4.69) is 4.98 Å². The molecule has 1 amide bonds. The van der Waals surface area contributed by atoms with Crippen LogP contribution in [0.5, 0.6) is 0 Å². The Labute approximate surface area is 112 Å². The molecule has 5 nitrogen and oxygen atoms in total. The quantitative estimate of drug-likeness (QED) is 0.834. The molecule has 1 aromatic heterocycles. The molecule has 0 spiro atoms. The predicted octanol–water partition coefficient (Wildman–Crippen LogP) is 1.40. The van der Waals surface area contributed by atoms with Crippen LogP contribution in [0.1, 0.15) is 38.1 Å². The van der Waals surface area contributed by atoms with Crippen LogP contribution in [-0.4, -0.2) is 40.1 Å². The van der Waals surface area contributed by atoms with Crippen LogP contribution in [0.3, 0.4) is 0 Å². The number of hydrogen-bond acceptors (Lipinski definition) is 3. The molecule has 1 aliphatic heterocycles. The monoisotopic (exact) mass is 264 g/mol. The lowest BCUT2D eigenvalue weighted by Crippen LogP contribution is -2.58. The Bertz CT molecular complexity index is 509. The lowest BCUT2D eigenvalue weighted by Gasteiger charge is -2.47. The minimum Gasteiger partial charge on any atom is -0.366 e. The van der Waals surface area contributed by atoms with Crippen LogP contribution >= 0.6 is 0 Å². The summed E-state index contributed by atoms with van der Waals surface area (Å²) in [7, 11) is 0. The largest absolute Gasteiger partial charge is 0.366 e. The summed E-state index contributed by atoms with van der Waals surface area (Å²) in [6.45, 7) is 8.97. The molecule has 1 aliphatic rings. The van der Waals surface area contributed by atoms with Gasteiger partial charge in [-0.25, -0.2) is 0 Å². The van der Waals surface area contributed by atoms with E-state index in [1.165, 1.54) is 12.3 Å². The standard InChI is InChI=1S/C14H20N2O3/c1-13(2)8-16(9-14(3,4)19-13)12(18)10-5-6-11(17)15-7-10/h5-7H,8-9H2,1-4H3,(H,15,17). The van der Waals surface area contributed by atoms with Gasteiger partial charge in [0.15, 0.2) is 0 Å². The van der Waals surface area contributed by atoms with Crippen LogP contribution in [-0.2, 0) is 4.74 Å². The number of carbonyl (C=O) groups is 1. The van der Waals surface area contributed by atoms with E-state index in [1.54, 1.807) is 11.0 Å². The molecular weight excluding hydrogens is 244 g/mol. The summed E-state index contributed by atoms with van der Waals surface area (Å²) in [6, 6.07) is 2.92. The summed E-state index contributed by atoms with van der Waals surface area (Å²) >= 11 is 0. The zero-order valence-corrected chi connectivity index (χ0v) is 11.8. The third kappa shape index (κ3) is 3.23. The van der Waals surface area contributed by atoms with E-state index >= 15 is 0 Å². The van der Waals surface area contributed by atoms with E-state index in [-0.39, 0.29) is 22.7 Å². The summed E-state index contributed by atoms with van der Waals surface area (Å²) < 4.78 is 5.94. The minimum atomic E-state index is -0.375. The Balaban J connectivity index is 2.23. The number of H-pyrrole nitrogens is 1. The van der Waals surface area contributed by atoms with Crippen molar-refractivity contribution in [1.82, 2.24) is 9.88 Å². The van der Waals surface area contributed by atoms with Crippen LogP contribution in [0.2, 0.25) is 0 Å². The number of amides is 1. The highest BCUT2D eigenvalue weighted by atomic mass is 16.5. The van der Waals surface area contributed by atoms with Crippen LogP contribution in [0, 0.1) is 0 Å². The van der Waals surface area contributed by atoms with Gasteiger partial charge in [-0.3, -0.25) is 9.59 Å². The molecule has 1 fully saturated rings. The van der Waals surface area contributed by atoms with Gasteiger partial charge in [-0.2, -0.15) is 0 Å². The van der Waals surface area contributed by atoms with Gasteiger partial charge in [-0.05, 0) is 33.8 Å². The molecule has 0 atom stereocenters. The second-order valence-electron chi connectivity index (χ2n) is 6.22. The van der Waals surface area contributed by atoms with Gasteiger partial charge in [-0.1, -0.05) is 0 Å². The number of morpholine rings is 1. The van der Waals surface area contributed by atoms with Gasteiger partial charge in [0, 0.05) is 25.4 Å².